The molecular weight excluding hydrogens is 292 g/mol. The molecule has 5 heterocycles. The van der Waals surface area contributed by atoms with Gasteiger partial charge < -0.3 is 19.2 Å². The Hall–Kier alpha value is -2.41. The van der Waals surface area contributed by atoms with Gasteiger partial charge in [0.1, 0.15) is 0 Å². The fourth-order valence-corrected chi connectivity index (χ4v) is 3.62. The Morgan fingerprint density at radius 2 is 1.91 bits per heavy atom. The molecule has 1 aromatic carbocycles. The Kier molecular flexibility index (Phi) is 2.87. The number of nitrogens with one attached hydrogen (secondary N) is 1. The van der Waals surface area contributed by atoms with Gasteiger partial charge in [0.25, 0.3) is 5.89 Å². The van der Waals surface area contributed by atoms with E-state index >= 15 is 0 Å². The largest absolute Gasteiger partial charge is 0.400 e. The number of nitrogens with zero attached hydrogens (tertiary/aromatic N) is 5. The van der Waals surface area contributed by atoms with Crippen molar-refractivity contribution in [2.24, 2.45) is 0 Å². The number of para-hydroxylation sites is 2. The lowest BCUT2D eigenvalue weighted by Gasteiger charge is -2.29. The van der Waals surface area contributed by atoms with E-state index in [0.29, 0.717) is 23.8 Å². The monoisotopic (exact) mass is 310 g/mol. The van der Waals surface area contributed by atoms with Crippen molar-refractivity contribution < 1.29 is 4.42 Å². The van der Waals surface area contributed by atoms with Gasteiger partial charge in [0.2, 0.25) is 0 Å². The van der Waals surface area contributed by atoms with Gasteiger partial charge in [-0.25, -0.2) is 4.98 Å². The molecule has 7 heteroatoms. The summed E-state index contributed by atoms with van der Waals surface area (Å²) >= 11 is 0. The molecule has 3 aliphatic heterocycles. The van der Waals surface area contributed by atoms with Crippen LogP contribution >= 0.6 is 0 Å². The van der Waals surface area contributed by atoms with Gasteiger partial charge >= 0.3 is 6.01 Å². The fourth-order valence-electron chi connectivity index (χ4n) is 3.62. The van der Waals surface area contributed by atoms with Crippen LogP contribution in [0.5, 0.6) is 0 Å². The summed E-state index contributed by atoms with van der Waals surface area (Å²) in [5, 5.41) is 8.48. The molecule has 6 rings (SSSR count). The summed E-state index contributed by atoms with van der Waals surface area (Å²) < 4.78 is 5.94. The maximum absolute atomic E-state index is 5.94. The summed E-state index contributed by atoms with van der Waals surface area (Å²) in [5.74, 6) is 1.09. The number of aromatic amines is 1. The number of hydrogen-bond donors (Lipinski definition) is 1. The molecule has 0 aliphatic carbocycles. The van der Waals surface area contributed by atoms with Crippen LogP contribution in [0.15, 0.2) is 28.7 Å². The minimum Gasteiger partial charge on any atom is -0.400 e. The highest BCUT2D eigenvalue weighted by atomic mass is 16.4. The van der Waals surface area contributed by atoms with E-state index in [2.05, 4.69) is 30.0 Å². The Balaban J connectivity index is 1.47. The van der Waals surface area contributed by atoms with Gasteiger partial charge in [-0.15, -0.1) is 5.10 Å². The molecule has 2 bridgehead atoms. The lowest BCUT2D eigenvalue weighted by molar-refractivity contribution is 0.249. The molecule has 7 nitrogen and oxygen atoms in total. The third-order valence-corrected chi connectivity index (χ3v) is 4.91. The molecule has 0 radical (unpaired) electrons. The maximum Gasteiger partial charge on any atom is 0.318 e. The highest BCUT2D eigenvalue weighted by molar-refractivity contribution is 5.77. The van der Waals surface area contributed by atoms with Crippen LogP contribution in [0.3, 0.4) is 0 Å². The fraction of sp³-hybridized carbons (Fsp3) is 0.438. The van der Waals surface area contributed by atoms with Crippen LogP contribution in [0.2, 0.25) is 0 Å². The minimum atomic E-state index is 0.454. The molecule has 0 atom stereocenters. The van der Waals surface area contributed by atoms with E-state index in [1.165, 1.54) is 25.9 Å². The van der Waals surface area contributed by atoms with Crippen LogP contribution in [-0.4, -0.2) is 57.3 Å². The van der Waals surface area contributed by atoms with Crippen LogP contribution in [0, 0.1) is 0 Å². The summed E-state index contributed by atoms with van der Waals surface area (Å²) in [4.78, 5) is 12.5. The minimum absolute atomic E-state index is 0.454. The van der Waals surface area contributed by atoms with Crippen molar-refractivity contribution in [2.45, 2.75) is 18.9 Å². The number of H-pyrrole nitrogens is 1. The molecule has 0 saturated carbocycles. The zero-order chi connectivity index (χ0) is 15.2. The van der Waals surface area contributed by atoms with Crippen molar-refractivity contribution in [2.75, 3.05) is 31.1 Å². The molecule has 0 amide bonds. The first-order valence-corrected chi connectivity index (χ1v) is 8.14. The van der Waals surface area contributed by atoms with Crippen molar-refractivity contribution in [3.05, 3.63) is 24.3 Å². The van der Waals surface area contributed by atoms with Crippen molar-refractivity contribution in [1.82, 2.24) is 25.1 Å². The summed E-state index contributed by atoms with van der Waals surface area (Å²) in [6, 6.07) is 9.04. The molecule has 1 N–H and O–H groups in total. The van der Waals surface area contributed by atoms with Crippen molar-refractivity contribution >= 4 is 17.0 Å². The Labute approximate surface area is 133 Å². The van der Waals surface area contributed by atoms with Gasteiger partial charge in [0.15, 0.2) is 5.82 Å². The van der Waals surface area contributed by atoms with E-state index in [-0.39, 0.29) is 0 Å². The second-order valence-electron chi connectivity index (χ2n) is 6.26. The molecule has 3 saturated heterocycles. The van der Waals surface area contributed by atoms with E-state index in [1.807, 2.05) is 24.3 Å². The molecule has 23 heavy (non-hydrogen) atoms. The zero-order valence-corrected chi connectivity index (χ0v) is 12.8. The average Bonchev–Trinajstić information content (AvgIpc) is 3.14. The standard InChI is InChI=1S/C16H18N6O/c1-2-4-13-12(3-1)17-14(18-13)15-19-20-16(23-15)22-10-9-21-7-5-11(22)6-8-21/h1-4,11H,5-10H2,(H,17,18). The number of hydrogen-bond acceptors (Lipinski definition) is 6. The van der Waals surface area contributed by atoms with Gasteiger partial charge in [-0.2, -0.15) is 0 Å². The Bertz CT molecular complexity index is 799. The first-order valence-electron chi connectivity index (χ1n) is 8.14. The molecule has 3 aromatic rings. The first kappa shape index (κ1) is 13.1. The van der Waals surface area contributed by atoms with Crippen molar-refractivity contribution in [3.63, 3.8) is 0 Å². The molecular formula is C16H18N6O. The van der Waals surface area contributed by atoms with E-state index in [9.17, 15) is 0 Å². The number of rotatable bonds is 2. The second kappa shape index (κ2) is 5.06. The highest BCUT2D eigenvalue weighted by Gasteiger charge is 2.32. The molecule has 0 spiro atoms. The van der Waals surface area contributed by atoms with E-state index in [4.69, 9.17) is 4.42 Å². The maximum atomic E-state index is 5.94. The summed E-state index contributed by atoms with van der Waals surface area (Å²) in [6.45, 7) is 4.36. The van der Waals surface area contributed by atoms with Crippen LogP contribution in [0.4, 0.5) is 6.01 Å². The number of piperidine rings is 1. The van der Waals surface area contributed by atoms with Crippen LogP contribution < -0.4 is 4.90 Å². The van der Waals surface area contributed by atoms with Crippen LogP contribution in [-0.2, 0) is 0 Å². The van der Waals surface area contributed by atoms with Crippen LogP contribution in [0.1, 0.15) is 12.8 Å². The second-order valence-corrected chi connectivity index (χ2v) is 6.26. The average molecular weight is 310 g/mol. The molecule has 3 aliphatic rings. The Morgan fingerprint density at radius 3 is 2.78 bits per heavy atom. The van der Waals surface area contributed by atoms with Gasteiger partial charge in [-0.3, -0.25) is 0 Å². The highest BCUT2D eigenvalue weighted by Crippen LogP contribution is 2.28. The van der Waals surface area contributed by atoms with Gasteiger partial charge in [0.05, 0.1) is 11.0 Å². The Morgan fingerprint density at radius 1 is 1.04 bits per heavy atom. The number of imidazole rings is 1. The van der Waals surface area contributed by atoms with Gasteiger partial charge in [0, 0.05) is 32.2 Å². The predicted molar refractivity (Wildman–Crippen MR) is 86.2 cm³/mol. The number of anilines is 1. The van der Waals surface area contributed by atoms with Gasteiger partial charge in [-0.1, -0.05) is 17.2 Å². The van der Waals surface area contributed by atoms with E-state index in [0.717, 1.165) is 24.1 Å². The third kappa shape index (κ3) is 2.19. The first-order chi connectivity index (χ1) is 11.4. The summed E-state index contributed by atoms with van der Waals surface area (Å²) in [5.41, 5.74) is 1.88. The van der Waals surface area contributed by atoms with Crippen LogP contribution in [0.25, 0.3) is 22.7 Å². The number of aromatic nitrogens is 4. The van der Waals surface area contributed by atoms with Gasteiger partial charge in [-0.05, 0) is 25.0 Å². The molecule has 2 aromatic heterocycles. The molecule has 118 valence electrons. The number of fused-ring (bicyclic) bond motifs is 5. The van der Waals surface area contributed by atoms with Crippen molar-refractivity contribution in [1.29, 1.82) is 0 Å². The lowest BCUT2D eigenvalue weighted by Crippen LogP contribution is -2.38. The molecule has 3 fully saturated rings. The molecule has 0 unspecified atom stereocenters. The lowest BCUT2D eigenvalue weighted by atomic mass is 10.1. The number of benzene rings is 1. The van der Waals surface area contributed by atoms with Crippen molar-refractivity contribution in [3.8, 4) is 11.7 Å². The SMILES string of the molecule is c1ccc2[nH]c(-c3nnc(N4CCN5CCC4CC5)o3)nc2c1. The summed E-state index contributed by atoms with van der Waals surface area (Å²) in [7, 11) is 0. The normalized spacial score (nSPS) is 24.3. The summed E-state index contributed by atoms with van der Waals surface area (Å²) in [6.07, 6.45) is 2.34. The quantitative estimate of drug-likeness (QED) is 0.779. The smallest absolute Gasteiger partial charge is 0.318 e. The predicted octanol–water partition coefficient (Wildman–Crippen LogP) is 1.90. The third-order valence-electron chi connectivity index (χ3n) is 4.91. The zero-order valence-electron chi connectivity index (χ0n) is 12.8. The van der Waals surface area contributed by atoms with E-state index < -0.39 is 0 Å². The van der Waals surface area contributed by atoms with E-state index in [1.54, 1.807) is 0 Å². The topological polar surface area (TPSA) is 74.1 Å².